The van der Waals surface area contributed by atoms with Gasteiger partial charge in [-0.2, -0.15) is 0 Å². The number of hydrogen-bond acceptors (Lipinski definition) is 5. The first-order chi connectivity index (χ1) is 9.20. The van der Waals surface area contributed by atoms with Gasteiger partial charge in [-0.1, -0.05) is 29.5 Å². The normalized spacial score (nSPS) is 10.4. The van der Waals surface area contributed by atoms with Crippen molar-refractivity contribution in [1.29, 1.82) is 0 Å². The summed E-state index contributed by atoms with van der Waals surface area (Å²) in [5.41, 5.74) is 6.49. The molecule has 0 fully saturated rings. The van der Waals surface area contributed by atoms with Crippen molar-refractivity contribution >= 4 is 39.8 Å². The van der Waals surface area contributed by atoms with Gasteiger partial charge in [0, 0.05) is 12.2 Å². The zero-order valence-electron chi connectivity index (χ0n) is 10.6. The number of benzene rings is 1. The van der Waals surface area contributed by atoms with E-state index in [1.54, 1.807) is 11.1 Å². The minimum atomic E-state index is 0.0886. The second kappa shape index (κ2) is 6.58. The van der Waals surface area contributed by atoms with Gasteiger partial charge in [-0.25, -0.2) is 4.98 Å². The summed E-state index contributed by atoms with van der Waals surface area (Å²) in [5, 5.41) is 0.533. The molecule has 0 atom stereocenters. The van der Waals surface area contributed by atoms with Crippen LogP contribution in [0.1, 0.15) is 6.92 Å². The highest BCUT2D eigenvalue weighted by Gasteiger charge is 2.14. The number of rotatable bonds is 5. The number of para-hydroxylation sites is 1. The van der Waals surface area contributed by atoms with E-state index in [4.69, 9.17) is 5.73 Å². The van der Waals surface area contributed by atoms with Crippen LogP contribution in [0.5, 0.6) is 0 Å². The van der Waals surface area contributed by atoms with E-state index in [9.17, 15) is 4.79 Å². The van der Waals surface area contributed by atoms with Crippen LogP contribution in [0.25, 0.3) is 0 Å². The SMILES string of the molecule is CCN(C(=O)CSc1cnc(N)s1)c1ccccc1. The van der Waals surface area contributed by atoms with Crippen LogP contribution in [-0.2, 0) is 4.79 Å². The highest BCUT2D eigenvalue weighted by Crippen LogP contribution is 2.27. The zero-order chi connectivity index (χ0) is 13.7. The summed E-state index contributed by atoms with van der Waals surface area (Å²) >= 11 is 2.88. The molecule has 0 unspecified atom stereocenters. The molecule has 0 bridgehead atoms. The average molecular weight is 293 g/mol. The van der Waals surface area contributed by atoms with E-state index in [0.29, 0.717) is 17.4 Å². The monoisotopic (exact) mass is 293 g/mol. The van der Waals surface area contributed by atoms with E-state index < -0.39 is 0 Å². The molecule has 100 valence electrons. The fraction of sp³-hybridized carbons (Fsp3) is 0.231. The molecule has 6 heteroatoms. The molecule has 0 aliphatic rings. The van der Waals surface area contributed by atoms with E-state index in [1.165, 1.54) is 23.1 Å². The summed E-state index contributed by atoms with van der Waals surface area (Å²) in [6.07, 6.45) is 1.71. The van der Waals surface area contributed by atoms with Crippen LogP contribution in [0.15, 0.2) is 40.7 Å². The van der Waals surface area contributed by atoms with Crippen molar-refractivity contribution in [2.24, 2.45) is 0 Å². The second-order valence-corrected chi connectivity index (χ2v) is 6.12. The highest BCUT2D eigenvalue weighted by atomic mass is 32.2. The molecule has 1 aromatic carbocycles. The third-order valence-corrected chi connectivity index (χ3v) is 4.53. The van der Waals surface area contributed by atoms with Gasteiger partial charge in [0.25, 0.3) is 0 Å². The number of anilines is 2. The lowest BCUT2D eigenvalue weighted by Crippen LogP contribution is -2.31. The molecule has 0 aliphatic heterocycles. The Morgan fingerprint density at radius 1 is 1.42 bits per heavy atom. The highest BCUT2D eigenvalue weighted by molar-refractivity contribution is 8.01. The predicted octanol–water partition coefficient (Wildman–Crippen LogP) is 2.87. The number of thiazole rings is 1. The van der Waals surface area contributed by atoms with Crippen molar-refractivity contribution in [1.82, 2.24) is 4.98 Å². The fourth-order valence-electron chi connectivity index (χ4n) is 1.66. The third kappa shape index (κ3) is 3.71. The van der Waals surface area contributed by atoms with Gasteiger partial charge in [-0.3, -0.25) is 4.79 Å². The quantitative estimate of drug-likeness (QED) is 0.861. The van der Waals surface area contributed by atoms with E-state index in [2.05, 4.69) is 4.98 Å². The van der Waals surface area contributed by atoms with Crippen molar-refractivity contribution in [3.05, 3.63) is 36.5 Å². The van der Waals surface area contributed by atoms with Gasteiger partial charge < -0.3 is 10.6 Å². The van der Waals surface area contributed by atoms with E-state index in [-0.39, 0.29) is 5.91 Å². The number of nitrogen functional groups attached to an aromatic ring is 1. The van der Waals surface area contributed by atoms with Gasteiger partial charge in [-0.05, 0) is 19.1 Å². The Morgan fingerprint density at radius 3 is 2.74 bits per heavy atom. The minimum Gasteiger partial charge on any atom is -0.375 e. The largest absolute Gasteiger partial charge is 0.375 e. The van der Waals surface area contributed by atoms with Crippen LogP contribution >= 0.6 is 23.1 Å². The first-order valence-corrected chi connectivity index (χ1v) is 7.70. The van der Waals surface area contributed by atoms with Crippen LogP contribution in [0, 0.1) is 0 Å². The molecule has 2 aromatic rings. The topological polar surface area (TPSA) is 59.2 Å². The van der Waals surface area contributed by atoms with Crippen LogP contribution in [-0.4, -0.2) is 23.2 Å². The van der Waals surface area contributed by atoms with Crippen LogP contribution in [0.4, 0.5) is 10.8 Å². The first-order valence-electron chi connectivity index (χ1n) is 5.90. The van der Waals surface area contributed by atoms with Crippen LogP contribution < -0.4 is 10.6 Å². The molecule has 0 spiro atoms. The molecule has 2 N–H and O–H groups in total. The van der Waals surface area contributed by atoms with E-state index >= 15 is 0 Å². The molecule has 0 saturated carbocycles. The van der Waals surface area contributed by atoms with Gasteiger partial charge in [0.15, 0.2) is 5.13 Å². The maximum absolute atomic E-state index is 12.2. The molecule has 0 saturated heterocycles. The van der Waals surface area contributed by atoms with E-state index in [1.807, 2.05) is 37.3 Å². The number of aromatic nitrogens is 1. The molecule has 1 amide bonds. The van der Waals surface area contributed by atoms with Gasteiger partial charge in [0.1, 0.15) is 0 Å². The molecule has 2 rings (SSSR count). The van der Waals surface area contributed by atoms with Crippen LogP contribution in [0.2, 0.25) is 0 Å². The maximum atomic E-state index is 12.2. The summed E-state index contributed by atoms with van der Waals surface area (Å²) in [5.74, 6) is 0.482. The van der Waals surface area contributed by atoms with E-state index in [0.717, 1.165) is 9.90 Å². The number of nitrogens with zero attached hydrogens (tertiary/aromatic N) is 2. The lowest BCUT2D eigenvalue weighted by Gasteiger charge is -2.20. The Bertz CT molecular complexity index is 542. The number of carbonyl (C=O) groups excluding carboxylic acids is 1. The number of thioether (sulfide) groups is 1. The first kappa shape index (κ1) is 13.9. The average Bonchev–Trinajstić information content (AvgIpc) is 2.84. The summed E-state index contributed by atoms with van der Waals surface area (Å²) in [6.45, 7) is 2.63. The van der Waals surface area contributed by atoms with Gasteiger partial charge in [0.2, 0.25) is 5.91 Å². The Labute approximate surface area is 120 Å². The summed E-state index contributed by atoms with van der Waals surface area (Å²) < 4.78 is 0.968. The molecule has 0 aliphatic carbocycles. The third-order valence-electron chi connectivity index (χ3n) is 2.53. The maximum Gasteiger partial charge on any atom is 0.237 e. The molecule has 4 nitrogen and oxygen atoms in total. The molecular weight excluding hydrogens is 278 g/mol. The van der Waals surface area contributed by atoms with Crippen molar-refractivity contribution in [3.8, 4) is 0 Å². The van der Waals surface area contributed by atoms with Crippen LogP contribution in [0.3, 0.4) is 0 Å². The predicted molar refractivity (Wildman–Crippen MR) is 81.7 cm³/mol. The van der Waals surface area contributed by atoms with Gasteiger partial charge in [0.05, 0.1) is 16.2 Å². The van der Waals surface area contributed by atoms with Crippen molar-refractivity contribution < 1.29 is 4.79 Å². The molecule has 0 radical (unpaired) electrons. The van der Waals surface area contributed by atoms with Crippen molar-refractivity contribution in [2.75, 3.05) is 22.9 Å². The van der Waals surface area contributed by atoms with Crippen molar-refractivity contribution in [2.45, 2.75) is 11.1 Å². The number of hydrogen-bond donors (Lipinski definition) is 1. The number of nitrogens with two attached hydrogens (primary N) is 1. The lowest BCUT2D eigenvalue weighted by atomic mass is 10.3. The fourth-order valence-corrected chi connectivity index (χ4v) is 3.29. The number of amides is 1. The van der Waals surface area contributed by atoms with Crippen molar-refractivity contribution in [3.63, 3.8) is 0 Å². The smallest absolute Gasteiger partial charge is 0.237 e. The molecular formula is C13H15N3OS2. The minimum absolute atomic E-state index is 0.0886. The van der Waals surface area contributed by atoms with Gasteiger partial charge in [-0.15, -0.1) is 11.8 Å². The Hall–Kier alpha value is -1.53. The lowest BCUT2D eigenvalue weighted by molar-refractivity contribution is -0.116. The zero-order valence-corrected chi connectivity index (χ0v) is 12.2. The Balaban J connectivity index is 1.98. The number of carbonyl (C=O) groups is 1. The standard InChI is InChI=1S/C13H15N3OS2/c1-2-16(10-6-4-3-5-7-10)11(17)9-18-12-8-15-13(14)19-12/h3-8H,2,9H2,1H3,(H2,14,15). The van der Waals surface area contributed by atoms with Gasteiger partial charge >= 0.3 is 0 Å². The summed E-state index contributed by atoms with van der Waals surface area (Å²) in [4.78, 5) is 18.0. The molecule has 1 aromatic heterocycles. The summed E-state index contributed by atoms with van der Waals surface area (Å²) in [6, 6.07) is 9.69. The summed E-state index contributed by atoms with van der Waals surface area (Å²) in [7, 11) is 0. The Kier molecular flexibility index (Phi) is 4.81. The molecule has 1 heterocycles. The second-order valence-electron chi connectivity index (χ2n) is 3.78. The Morgan fingerprint density at radius 2 is 2.16 bits per heavy atom. The molecule has 19 heavy (non-hydrogen) atoms.